The highest BCUT2D eigenvalue weighted by molar-refractivity contribution is 5.93. The first-order valence-corrected chi connectivity index (χ1v) is 4.88. The first-order chi connectivity index (χ1) is 7.95. The van der Waals surface area contributed by atoms with Crippen molar-refractivity contribution in [1.29, 1.82) is 0 Å². The van der Waals surface area contributed by atoms with Crippen LogP contribution in [0, 0.1) is 13.8 Å². The zero-order valence-electron chi connectivity index (χ0n) is 9.44. The summed E-state index contributed by atoms with van der Waals surface area (Å²) in [5.74, 6) is -1.30. The summed E-state index contributed by atoms with van der Waals surface area (Å²) in [5, 5.41) is 28.5. The number of hydrogen-bond donors (Lipinski definition) is 5. The molecule has 0 saturated heterocycles. The van der Waals surface area contributed by atoms with Gasteiger partial charge in [0.2, 0.25) is 0 Å². The third-order valence-electron chi connectivity index (χ3n) is 2.15. The van der Waals surface area contributed by atoms with Crippen LogP contribution in [-0.4, -0.2) is 45.1 Å². The molecule has 0 aromatic carbocycles. The molecular formula is C9H14N4O4. The van der Waals surface area contributed by atoms with E-state index in [9.17, 15) is 9.59 Å². The minimum Gasteiger partial charge on any atom is -0.480 e. The predicted octanol–water partition coefficient (Wildman–Crippen LogP) is -0.406. The molecule has 0 saturated carbocycles. The Morgan fingerprint density at radius 2 is 2.12 bits per heavy atom. The SMILES string of the molecule is Cc1n[nH]c(C)c1NC(=O)NC(CO)C(=O)O. The van der Waals surface area contributed by atoms with E-state index < -0.39 is 24.6 Å². The van der Waals surface area contributed by atoms with Gasteiger partial charge in [0.15, 0.2) is 6.04 Å². The standard InChI is InChI=1S/C9H14N4O4/c1-4-7(5(2)13-12-4)11-9(17)10-6(3-14)8(15)16/h6,14H,3H2,1-2H3,(H,12,13)(H,15,16)(H2,10,11,17). The van der Waals surface area contributed by atoms with E-state index in [4.69, 9.17) is 10.2 Å². The number of amides is 2. The van der Waals surface area contributed by atoms with E-state index >= 15 is 0 Å². The van der Waals surface area contributed by atoms with Crippen LogP contribution in [0.5, 0.6) is 0 Å². The molecule has 17 heavy (non-hydrogen) atoms. The van der Waals surface area contributed by atoms with Crippen molar-refractivity contribution in [1.82, 2.24) is 15.5 Å². The second-order valence-electron chi connectivity index (χ2n) is 3.48. The molecule has 1 rings (SSSR count). The van der Waals surface area contributed by atoms with E-state index in [-0.39, 0.29) is 0 Å². The first-order valence-electron chi connectivity index (χ1n) is 4.88. The molecule has 5 N–H and O–H groups in total. The number of rotatable bonds is 4. The minimum absolute atomic E-state index is 0.490. The molecule has 2 amide bonds. The largest absolute Gasteiger partial charge is 0.480 e. The highest BCUT2D eigenvalue weighted by Crippen LogP contribution is 2.15. The molecule has 1 aromatic rings. The molecule has 0 fully saturated rings. The zero-order chi connectivity index (χ0) is 13.0. The number of aliphatic carboxylic acids is 1. The van der Waals surface area contributed by atoms with Gasteiger partial charge in [-0.1, -0.05) is 0 Å². The summed E-state index contributed by atoms with van der Waals surface area (Å²) < 4.78 is 0. The molecule has 0 aliphatic carbocycles. The van der Waals surface area contributed by atoms with Gasteiger partial charge < -0.3 is 20.8 Å². The van der Waals surface area contributed by atoms with Crippen molar-refractivity contribution in [2.45, 2.75) is 19.9 Å². The molecule has 1 heterocycles. The van der Waals surface area contributed by atoms with E-state index in [0.717, 1.165) is 0 Å². The normalized spacial score (nSPS) is 11.9. The van der Waals surface area contributed by atoms with Crippen molar-refractivity contribution in [3.63, 3.8) is 0 Å². The number of carbonyl (C=O) groups is 2. The lowest BCUT2D eigenvalue weighted by atomic mass is 10.3. The summed E-state index contributed by atoms with van der Waals surface area (Å²) in [6.45, 7) is 2.74. The summed E-state index contributed by atoms with van der Waals surface area (Å²) >= 11 is 0. The number of nitrogens with zero attached hydrogens (tertiary/aromatic N) is 1. The summed E-state index contributed by atoms with van der Waals surface area (Å²) in [4.78, 5) is 22.0. The first kappa shape index (κ1) is 13.0. The van der Waals surface area contributed by atoms with Crippen molar-refractivity contribution in [2.24, 2.45) is 0 Å². The van der Waals surface area contributed by atoms with E-state index in [1.807, 2.05) is 0 Å². The number of aliphatic hydroxyl groups is 1. The van der Waals surface area contributed by atoms with Gasteiger partial charge in [-0.25, -0.2) is 9.59 Å². The Hall–Kier alpha value is -2.09. The molecular weight excluding hydrogens is 228 g/mol. The second kappa shape index (κ2) is 5.30. The Balaban J connectivity index is 2.64. The maximum absolute atomic E-state index is 11.5. The Morgan fingerprint density at radius 1 is 1.47 bits per heavy atom. The number of carbonyl (C=O) groups excluding carboxylic acids is 1. The number of aryl methyl sites for hydroxylation is 2. The number of carboxylic acids is 1. The van der Waals surface area contributed by atoms with Crippen molar-refractivity contribution >= 4 is 17.7 Å². The number of aromatic nitrogens is 2. The quantitative estimate of drug-likeness (QED) is 0.490. The van der Waals surface area contributed by atoms with Crippen LogP contribution in [0.25, 0.3) is 0 Å². The maximum atomic E-state index is 11.5. The van der Waals surface area contributed by atoms with Crippen LogP contribution in [0.4, 0.5) is 10.5 Å². The number of nitrogens with one attached hydrogen (secondary N) is 3. The highest BCUT2D eigenvalue weighted by atomic mass is 16.4. The van der Waals surface area contributed by atoms with Gasteiger partial charge in [0, 0.05) is 0 Å². The fraction of sp³-hybridized carbons (Fsp3) is 0.444. The average Bonchev–Trinajstić information content (AvgIpc) is 2.57. The van der Waals surface area contributed by atoms with Gasteiger partial charge in [-0.3, -0.25) is 5.10 Å². The van der Waals surface area contributed by atoms with Crippen molar-refractivity contribution < 1.29 is 19.8 Å². The fourth-order valence-corrected chi connectivity index (χ4v) is 1.23. The number of H-pyrrole nitrogens is 1. The molecule has 0 spiro atoms. The van der Waals surface area contributed by atoms with Gasteiger partial charge >= 0.3 is 12.0 Å². The van der Waals surface area contributed by atoms with Gasteiger partial charge in [-0.15, -0.1) is 0 Å². The Labute approximate surface area is 97.0 Å². The Morgan fingerprint density at radius 3 is 2.53 bits per heavy atom. The van der Waals surface area contributed by atoms with E-state index in [0.29, 0.717) is 17.1 Å². The molecule has 0 radical (unpaired) electrons. The van der Waals surface area contributed by atoms with Gasteiger partial charge in [0.1, 0.15) is 0 Å². The van der Waals surface area contributed by atoms with Crippen LogP contribution < -0.4 is 10.6 Å². The van der Waals surface area contributed by atoms with Gasteiger partial charge in [-0.2, -0.15) is 5.10 Å². The number of carboxylic acid groups (broad SMARTS) is 1. The molecule has 1 atom stereocenters. The Bertz CT molecular complexity index is 409. The summed E-state index contributed by atoms with van der Waals surface area (Å²) in [6.07, 6.45) is 0. The lowest BCUT2D eigenvalue weighted by molar-refractivity contribution is -0.140. The molecule has 0 aliphatic rings. The smallest absolute Gasteiger partial charge is 0.328 e. The summed E-state index contributed by atoms with van der Waals surface area (Å²) in [7, 11) is 0. The van der Waals surface area contributed by atoms with E-state index in [1.54, 1.807) is 13.8 Å². The van der Waals surface area contributed by atoms with Gasteiger partial charge in [0.05, 0.1) is 23.7 Å². The van der Waals surface area contributed by atoms with Crippen molar-refractivity contribution in [2.75, 3.05) is 11.9 Å². The van der Waals surface area contributed by atoms with Crippen LogP contribution in [0.2, 0.25) is 0 Å². The van der Waals surface area contributed by atoms with Crippen LogP contribution in [0.1, 0.15) is 11.4 Å². The molecule has 0 bridgehead atoms. The van der Waals surface area contributed by atoms with Crippen LogP contribution in [0.3, 0.4) is 0 Å². The number of anilines is 1. The molecule has 8 heteroatoms. The summed E-state index contributed by atoms with van der Waals surface area (Å²) in [6, 6.07) is -2.04. The van der Waals surface area contributed by atoms with Gasteiger partial charge in [0.25, 0.3) is 0 Å². The molecule has 94 valence electrons. The third kappa shape index (κ3) is 3.18. The van der Waals surface area contributed by atoms with Gasteiger partial charge in [-0.05, 0) is 13.8 Å². The topological polar surface area (TPSA) is 127 Å². The molecule has 1 unspecified atom stereocenters. The second-order valence-corrected chi connectivity index (χ2v) is 3.48. The van der Waals surface area contributed by atoms with Crippen LogP contribution in [-0.2, 0) is 4.79 Å². The lowest BCUT2D eigenvalue weighted by Gasteiger charge is -2.12. The van der Waals surface area contributed by atoms with E-state index in [1.165, 1.54) is 0 Å². The van der Waals surface area contributed by atoms with Crippen LogP contribution >= 0.6 is 0 Å². The average molecular weight is 242 g/mol. The fourth-order valence-electron chi connectivity index (χ4n) is 1.23. The monoisotopic (exact) mass is 242 g/mol. The predicted molar refractivity (Wildman–Crippen MR) is 58.7 cm³/mol. The van der Waals surface area contributed by atoms with Crippen LogP contribution in [0.15, 0.2) is 0 Å². The summed E-state index contributed by atoms with van der Waals surface area (Å²) in [5.41, 5.74) is 1.74. The minimum atomic E-state index is -1.33. The number of aromatic amines is 1. The number of hydrogen-bond acceptors (Lipinski definition) is 4. The van der Waals surface area contributed by atoms with Crippen molar-refractivity contribution in [3.8, 4) is 0 Å². The number of aliphatic hydroxyl groups excluding tert-OH is 1. The molecule has 8 nitrogen and oxygen atoms in total. The van der Waals surface area contributed by atoms with Crippen molar-refractivity contribution in [3.05, 3.63) is 11.4 Å². The molecule has 1 aromatic heterocycles. The Kier molecular flexibility index (Phi) is 4.05. The van der Waals surface area contributed by atoms with E-state index in [2.05, 4.69) is 20.8 Å². The third-order valence-corrected chi connectivity index (χ3v) is 2.15. The molecule has 0 aliphatic heterocycles. The maximum Gasteiger partial charge on any atom is 0.328 e. The lowest BCUT2D eigenvalue weighted by Crippen LogP contribution is -2.45. The number of urea groups is 1. The zero-order valence-corrected chi connectivity index (χ0v) is 9.44. The highest BCUT2D eigenvalue weighted by Gasteiger charge is 2.19.